The van der Waals surface area contributed by atoms with Crippen LogP contribution in [0.3, 0.4) is 0 Å². The van der Waals surface area contributed by atoms with Gasteiger partial charge < -0.3 is 20.7 Å². The minimum Gasteiger partial charge on any atom is -0.381 e. The smallest absolute Gasteiger partial charge is 0.224 e. The van der Waals surface area contributed by atoms with E-state index in [4.69, 9.17) is 4.74 Å². The van der Waals surface area contributed by atoms with Gasteiger partial charge in [0.05, 0.1) is 24.5 Å². The predicted octanol–water partition coefficient (Wildman–Crippen LogP) is 0.698. The zero-order valence-electron chi connectivity index (χ0n) is 20.1. The Bertz CT molecular complexity index is 666. The molecular formula is C24H43N7O2. The van der Waals surface area contributed by atoms with Gasteiger partial charge in [0.2, 0.25) is 5.91 Å². The number of methoxy groups -OCH3 is 1. The van der Waals surface area contributed by atoms with Gasteiger partial charge in [-0.15, -0.1) is 0 Å². The zero-order valence-corrected chi connectivity index (χ0v) is 20.1. The lowest BCUT2D eigenvalue weighted by molar-refractivity contribution is -0.127. The van der Waals surface area contributed by atoms with Crippen molar-refractivity contribution in [3.05, 3.63) is 0 Å². The molecule has 186 valence electrons. The van der Waals surface area contributed by atoms with E-state index in [1.54, 1.807) is 7.11 Å². The van der Waals surface area contributed by atoms with Crippen LogP contribution in [0.5, 0.6) is 0 Å². The van der Waals surface area contributed by atoms with Crippen LogP contribution < -0.4 is 32.1 Å². The number of piperidine rings is 1. The maximum Gasteiger partial charge on any atom is 0.224 e. The summed E-state index contributed by atoms with van der Waals surface area (Å²) in [5, 5.41) is 23.6. The predicted molar refractivity (Wildman–Crippen MR) is 127 cm³/mol. The second-order valence-corrected chi connectivity index (χ2v) is 10.4. The quantitative estimate of drug-likeness (QED) is 0.312. The molecule has 6 unspecified atom stereocenters. The minimum atomic E-state index is -0.457. The highest BCUT2D eigenvalue weighted by molar-refractivity contribution is 5.79. The van der Waals surface area contributed by atoms with Crippen LogP contribution in [0.25, 0.3) is 0 Å². The highest BCUT2D eigenvalue weighted by atomic mass is 16.5. The molecule has 4 fully saturated rings. The molecule has 4 rings (SSSR count). The molecule has 4 aliphatic rings. The van der Waals surface area contributed by atoms with Crippen molar-refractivity contribution in [3.8, 4) is 6.07 Å². The number of hydrazine groups is 1. The van der Waals surface area contributed by atoms with Gasteiger partial charge in [0, 0.05) is 31.5 Å². The first-order chi connectivity index (χ1) is 16.2. The van der Waals surface area contributed by atoms with Gasteiger partial charge in [-0.3, -0.25) is 10.1 Å². The van der Waals surface area contributed by atoms with E-state index in [-0.39, 0.29) is 30.0 Å². The Hall–Kier alpha value is -1.28. The number of amides is 1. The van der Waals surface area contributed by atoms with Crippen molar-refractivity contribution in [1.82, 2.24) is 32.1 Å². The third-order valence-electron chi connectivity index (χ3n) is 8.23. The third-order valence-corrected chi connectivity index (χ3v) is 8.23. The highest BCUT2D eigenvalue weighted by Gasteiger charge is 2.36. The van der Waals surface area contributed by atoms with Crippen molar-refractivity contribution >= 4 is 5.91 Å². The topological polar surface area (TPSA) is 122 Å². The Morgan fingerprint density at radius 2 is 1.91 bits per heavy atom. The summed E-state index contributed by atoms with van der Waals surface area (Å²) in [6, 6.07) is 2.23. The van der Waals surface area contributed by atoms with Gasteiger partial charge in [0.15, 0.2) is 0 Å². The SMILES string of the molecule is COC1CCCCC1[C@H](C#N)NC(=O)C1CCCC(NCC2NNC(C3CCNCC3)N2)C1. The molecule has 2 heterocycles. The monoisotopic (exact) mass is 461 g/mol. The summed E-state index contributed by atoms with van der Waals surface area (Å²) in [4.78, 5) is 13.1. The molecule has 33 heavy (non-hydrogen) atoms. The summed E-state index contributed by atoms with van der Waals surface area (Å²) in [5.74, 6) is 0.761. The van der Waals surface area contributed by atoms with Crippen LogP contribution in [-0.2, 0) is 9.53 Å². The molecule has 0 spiro atoms. The van der Waals surface area contributed by atoms with E-state index in [1.807, 2.05) is 0 Å². The Labute approximate surface area is 198 Å². The van der Waals surface area contributed by atoms with Gasteiger partial charge in [0.1, 0.15) is 6.04 Å². The number of carbonyl (C=O) groups is 1. The molecule has 0 radical (unpaired) electrons. The molecule has 2 aliphatic carbocycles. The molecule has 7 atom stereocenters. The fourth-order valence-corrected chi connectivity index (χ4v) is 6.24. The molecule has 2 saturated heterocycles. The minimum absolute atomic E-state index is 0.0261. The molecule has 0 aromatic rings. The molecule has 1 amide bonds. The van der Waals surface area contributed by atoms with Crippen LogP contribution in [0.1, 0.15) is 64.2 Å². The molecule has 6 N–H and O–H groups in total. The highest BCUT2D eigenvalue weighted by Crippen LogP contribution is 2.30. The summed E-state index contributed by atoms with van der Waals surface area (Å²) in [7, 11) is 1.72. The average molecular weight is 462 g/mol. The van der Waals surface area contributed by atoms with Gasteiger partial charge in [0.25, 0.3) is 0 Å². The van der Waals surface area contributed by atoms with Gasteiger partial charge in [-0.2, -0.15) is 5.26 Å². The van der Waals surface area contributed by atoms with Gasteiger partial charge in [-0.1, -0.05) is 19.3 Å². The number of hydrogen-bond donors (Lipinski definition) is 6. The summed E-state index contributed by atoms with van der Waals surface area (Å²) in [5.41, 5.74) is 6.81. The molecule has 9 nitrogen and oxygen atoms in total. The lowest BCUT2D eigenvalue weighted by Gasteiger charge is -2.35. The molecule has 0 aromatic carbocycles. The van der Waals surface area contributed by atoms with Crippen LogP contribution in [-0.4, -0.2) is 63.2 Å². The van der Waals surface area contributed by atoms with Crippen LogP contribution in [0.15, 0.2) is 0 Å². The fraction of sp³-hybridized carbons (Fsp3) is 0.917. The first kappa shape index (κ1) is 24.8. The Morgan fingerprint density at radius 3 is 2.70 bits per heavy atom. The summed E-state index contributed by atoms with van der Waals surface area (Å²) < 4.78 is 5.63. The van der Waals surface area contributed by atoms with Crippen LogP contribution in [0.2, 0.25) is 0 Å². The van der Waals surface area contributed by atoms with Crippen molar-refractivity contribution in [3.63, 3.8) is 0 Å². The van der Waals surface area contributed by atoms with Crippen molar-refractivity contribution in [2.75, 3.05) is 26.7 Å². The van der Waals surface area contributed by atoms with Gasteiger partial charge in [-0.05, 0) is 64.0 Å². The van der Waals surface area contributed by atoms with E-state index < -0.39 is 6.04 Å². The van der Waals surface area contributed by atoms with E-state index in [0.29, 0.717) is 18.1 Å². The standard InChI is InChI=1S/C24H43N7O2/c1-33-21-8-3-2-7-19(21)20(14-25)28-24(32)17-5-4-6-18(13-17)27-15-22-29-23(31-30-22)16-9-11-26-12-10-16/h16-23,26-27,29-31H,2-13,15H2,1H3,(H,28,32)/t17?,18?,19?,20-,21?,22?,23?/m0/s1. The zero-order chi connectivity index (χ0) is 23.0. The molecule has 2 saturated carbocycles. The van der Waals surface area contributed by atoms with Gasteiger partial charge in [-0.25, -0.2) is 10.9 Å². The van der Waals surface area contributed by atoms with E-state index in [9.17, 15) is 10.1 Å². The van der Waals surface area contributed by atoms with E-state index in [1.165, 1.54) is 12.8 Å². The first-order valence-electron chi connectivity index (χ1n) is 13.1. The van der Waals surface area contributed by atoms with E-state index >= 15 is 0 Å². The summed E-state index contributed by atoms with van der Waals surface area (Å²) in [6.45, 7) is 3.02. The Morgan fingerprint density at radius 1 is 1.09 bits per heavy atom. The molecule has 0 bridgehead atoms. The number of nitrogens with one attached hydrogen (secondary N) is 6. The van der Waals surface area contributed by atoms with E-state index in [2.05, 4.69) is 38.2 Å². The van der Waals surface area contributed by atoms with E-state index in [0.717, 1.165) is 71.0 Å². The molecule has 9 heteroatoms. The average Bonchev–Trinajstić information content (AvgIpc) is 3.36. The maximum atomic E-state index is 13.1. The van der Waals surface area contributed by atoms with Crippen LogP contribution >= 0.6 is 0 Å². The lowest BCUT2D eigenvalue weighted by Crippen LogP contribution is -2.50. The molecular weight excluding hydrogens is 418 g/mol. The number of carbonyl (C=O) groups excluding carboxylic acids is 1. The Balaban J connectivity index is 1.21. The second-order valence-electron chi connectivity index (χ2n) is 10.4. The molecule has 2 aliphatic heterocycles. The number of ether oxygens (including phenoxy) is 1. The normalized spacial score (nSPS) is 36.7. The summed E-state index contributed by atoms with van der Waals surface area (Å²) >= 11 is 0. The van der Waals surface area contributed by atoms with Crippen molar-refractivity contribution in [1.29, 1.82) is 5.26 Å². The molecule has 0 aromatic heterocycles. The maximum absolute atomic E-state index is 13.1. The Kier molecular flexibility index (Phi) is 9.35. The van der Waals surface area contributed by atoms with Crippen molar-refractivity contribution < 1.29 is 9.53 Å². The van der Waals surface area contributed by atoms with Gasteiger partial charge >= 0.3 is 0 Å². The number of nitrogens with zero attached hydrogens (tertiary/aromatic N) is 1. The van der Waals surface area contributed by atoms with Crippen molar-refractivity contribution in [2.45, 2.75) is 94.7 Å². The van der Waals surface area contributed by atoms with Crippen LogP contribution in [0, 0.1) is 29.1 Å². The third kappa shape index (κ3) is 6.65. The number of hydrogen-bond acceptors (Lipinski definition) is 8. The van der Waals surface area contributed by atoms with Crippen molar-refractivity contribution in [2.24, 2.45) is 17.8 Å². The first-order valence-corrected chi connectivity index (χ1v) is 13.1. The second kappa shape index (κ2) is 12.4. The summed E-state index contributed by atoms with van der Waals surface area (Å²) in [6.07, 6.45) is 11.0. The fourth-order valence-electron chi connectivity index (χ4n) is 6.24. The lowest BCUT2D eigenvalue weighted by atomic mass is 9.80. The largest absolute Gasteiger partial charge is 0.381 e. The number of rotatable bonds is 8. The van der Waals surface area contributed by atoms with Crippen LogP contribution in [0.4, 0.5) is 0 Å². The number of nitriles is 1.